The fourth-order valence-corrected chi connectivity index (χ4v) is 1.91. The van der Waals surface area contributed by atoms with Gasteiger partial charge in [0, 0.05) is 31.9 Å². The molecule has 2 amide bonds. The second kappa shape index (κ2) is 7.01. The molecule has 0 atom stereocenters. The number of anilines is 1. The van der Waals surface area contributed by atoms with Gasteiger partial charge < -0.3 is 10.6 Å². The Labute approximate surface area is 109 Å². The number of urea groups is 1. The molecule has 4 heteroatoms. The average molecular weight is 249 g/mol. The fourth-order valence-electron chi connectivity index (χ4n) is 1.91. The van der Waals surface area contributed by atoms with Gasteiger partial charge in [0.15, 0.2) is 0 Å². The molecule has 0 radical (unpaired) electrons. The largest absolute Gasteiger partial charge is 0.326 e. The molecule has 0 aromatic heterocycles. The average Bonchev–Trinajstić information content (AvgIpc) is 2.42. The number of nitrogens with two attached hydrogens (primary N) is 1. The van der Waals surface area contributed by atoms with Crippen molar-refractivity contribution in [2.45, 2.75) is 27.3 Å². The maximum atomic E-state index is 12.3. The van der Waals surface area contributed by atoms with Crippen LogP contribution in [0.25, 0.3) is 0 Å². The Morgan fingerprint density at radius 2 is 1.61 bits per heavy atom. The predicted molar refractivity (Wildman–Crippen MR) is 75.7 cm³/mol. The number of hydrogen-bond donors (Lipinski definition) is 1. The summed E-state index contributed by atoms with van der Waals surface area (Å²) in [6.45, 7) is 8.62. The third kappa shape index (κ3) is 3.23. The molecule has 0 heterocycles. The highest BCUT2D eigenvalue weighted by Gasteiger charge is 2.18. The van der Waals surface area contributed by atoms with E-state index in [4.69, 9.17) is 5.73 Å². The first-order valence-electron chi connectivity index (χ1n) is 6.53. The molecule has 0 unspecified atom stereocenters. The van der Waals surface area contributed by atoms with Gasteiger partial charge in [-0.3, -0.25) is 4.90 Å². The zero-order valence-electron chi connectivity index (χ0n) is 11.5. The summed E-state index contributed by atoms with van der Waals surface area (Å²) < 4.78 is 0. The highest BCUT2D eigenvalue weighted by molar-refractivity contribution is 5.91. The summed E-state index contributed by atoms with van der Waals surface area (Å²) in [5, 5.41) is 0. The Kier molecular flexibility index (Phi) is 5.65. The number of carbonyl (C=O) groups is 1. The van der Waals surface area contributed by atoms with Crippen LogP contribution in [-0.2, 0) is 6.54 Å². The van der Waals surface area contributed by atoms with Crippen LogP contribution in [0.4, 0.5) is 10.5 Å². The van der Waals surface area contributed by atoms with Crippen molar-refractivity contribution in [3.05, 3.63) is 29.8 Å². The Morgan fingerprint density at radius 3 is 2.00 bits per heavy atom. The van der Waals surface area contributed by atoms with E-state index in [9.17, 15) is 4.79 Å². The number of benzene rings is 1. The summed E-state index contributed by atoms with van der Waals surface area (Å²) >= 11 is 0. The van der Waals surface area contributed by atoms with Gasteiger partial charge in [0.05, 0.1) is 0 Å². The van der Waals surface area contributed by atoms with E-state index < -0.39 is 0 Å². The molecule has 0 spiro atoms. The van der Waals surface area contributed by atoms with E-state index in [1.807, 2.05) is 49.9 Å². The van der Waals surface area contributed by atoms with Crippen molar-refractivity contribution in [3.8, 4) is 0 Å². The first-order chi connectivity index (χ1) is 8.67. The summed E-state index contributed by atoms with van der Waals surface area (Å²) in [4.78, 5) is 15.9. The molecule has 0 aliphatic rings. The smallest absolute Gasteiger partial charge is 0.324 e. The van der Waals surface area contributed by atoms with Gasteiger partial charge in [-0.15, -0.1) is 0 Å². The van der Waals surface area contributed by atoms with Crippen LogP contribution in [0.1, 0.15) is 26.3 Å². The molecular formula is C14H23N3O. The second-order valence-electron chi connectivity index (χ2n) is 4.07. The van der Waals surface area contributed by atoms with Gasteiger partial charge in [-0.25, -0.2) is 4.79 Å². The van der Waals surface area contributed by atoms with Crippen LogP contribution in [0.3, 0.4) is 0 Å². The summed E-state index contributed by atoms with van der Waals surface area (Å²) in [7, 11) is 0. The van der Waals surface area contributed by atoms with Crippen LogP contribution in [0.15, 0.2) is 24.3 Å². The summed E-state index contributed by atoms with van der Waals surface area (Å²) in [5.74, 6) is 0. The van der Waals surface area contributed by atoms with E-state index in [1.165, 1.54) is 0 Å². The van der Waals surface area contributed by atoms with E-state index in [1.54, 1.807) is 4.90 Å². The monoisotopic (exact) mass is 249 g/mol. The first kappa shape index (κ1) is 14.5. The minimum atomic E-state index is 0.0583. The first-order valence-corrected chi connectivity index (χ1v) is 6.53. The molecule has 1 aromatic rings. The van der Waals surface area contributed by atoms with Crippen molar-refractivity contribution in [1.29, 1.82) is 0 Å². The molecule has 0 fully saturated rings. The molecule has 0 saturated heterocycles. The maximum Gasteiger partial charge on any atom is 0.324 e. The molecule has 0 saturated carbocycles. The minimum Gasteiger partial charge on any atom is -0.326 e. The second-order valence-corrected chi connectivity index (χ2v) is 4.07. The molecule has 0 aliphatic heterocycles. The Balaban J connectivity index is 2.90. The van der Waals surface area contributed by atoms with Crippen LogP contribution in [0, 0.1) is 0 Å². The lowest BCUT2D eigenvalue weighted by Crippen LogP contribution is -2.43. The maximum absolute atomic E-state index is 12.3. The van der Waals surface area contributed by atoms with Gasteiger partial charge in [-0.05, 0) is 38.5 Å². The van der Waals surface area contributed by atoms with Crippen molar-refractivity contribution in [2.75, 3.05) is 24.5 Å². The van der Waals surface area contributed by atoms with Gasteiger partial charge in [-0.2, -0.15) is 0 Å². The number of nitrogens with zero attached hydrogens (tertiary/aromatic N) is 2. The van der Waals surface area contributed by atoms with E-state index in [0.717, 1.165) is 24.3 Å². The standard InChI is InChI=1S/C14H23N3O/c1-4-16(5-2)14(18)17(6-3)13-9-7-12(11-15)8-10-13/h7-10H,4-6,11,15H2,1-3H3. The molecule has 18 heavy (non-hydrogen) atoms. The predicted octanol–water partition coefficient (Wildman–Crippen LogP) is 2.43. The number of rotatable bonds is 5. The van der Waals surface area contributed by atoms with Gasteiger partial charge in [0.2, 0.25) is 0 Å². The third-order valence-electron chi connectivity index (χ3n) is 3.06. The molecule has 4 nitrogen and oxygen atoms in total. The van der Waals surface area contributed by atoms with Crippen molar-refractivity contribution < 1.29 is 4.79 Å². The van der Waals surface area contributed by atoms with Gasteiger partial charge in [0.1, 0.15) is 0 Å². The summed E-state index contributed by atoms with van der Waals surface area (Å²) in [5.41, 5.74) is 7.57. The third-order valence-corrected chi connectivity index (χ3v) is 3.06. The minimum absolute atomic E-state index is 0.0583. The van der Waals surface area contributed by atoms with E-state index in [0.29, 0.717) is 13.1 Å². The van der Waals surface area contributed by atoms with E-state index in [2.05, 4.69) is 0 Å². The Bertz CT molecular complexity index is 371. The number of carbonyl (C=O) groups excluding carboxylic acids is 1. The van der Waals surface area contributed by atoms with Gasteiger partial charge >= 0.3 is 6.03 Å². The van der Waals surface area contributed by atoms with Crippen molar-refractivity contribution in [2.24, 2.45) is 5.73 Å². The van der Waals surface area contributed by atoms with Gasteiger partial charge in [0.25, 0.3) is 0 Å². The van der Waals surface area contributed by atoms with Crippen LogP contribution < -0.4 is 10.6 Å². The molecule has 0 aliphatic carbocycles. The highest BCUT2D eigenvalue weighted by Crippen LogP contribution is 2.16. The van der Waals surface area contributed by atoms with E-state index in [-0.39, 0.29) is 6.03 Å². The molecule has 1 rings (SSSR count). The summed E-state index contributed by atoms with van der Waals surface area (Å²) in [6, 6.07) is 7.89. The quantitative estimate of drug-likeness (QED) is 0.871. The molecule has 2 N–H and O–H groups in total. The zero-order chi connectivity index (χ0) is 13.5. The lowest BCUT2D eigenvalue weighted by molar-refractivity contribution is 0.210. The number of amides is 2. The highest BCUT2D eigenvalue weighted by atomic mass is 16.2. The zero-order valence-corrected chi connectivity index (χ0v) is 11.5. The Morgan fingerprint density at radius 1 is 1.06 bits per heavy atom. The normalized spacial score (nSPS) is 10.2. The Hall–Kier alpha value is -1.55. The van der Waals surface area contributed by atoms with Crippen LogP contribution >= 0.6 is 0 Å². The van der Waals surface area contributed by atoms with Crippen molar-refractivity contribution >= 4 is 11.7 Å². The number of hydrogen-bond acceptors (Lipinski definition) is 2. The van der Waals surface area contributed by atoms with Crippen LogP contribution in [-0.4, -0.2) is 30.6 Å². The summed E-state index contributed by atoms with van der Waals surface area (Å²) in [6.07, 6.45) is 0. The van der Waals surface area contributed by atoms with Crippen molar-refractivity contribution in [1.82, 2.24) is 4.90 Å². The molecule has 1 aromatic carbocycles. The van der Waals surface area contributed by atoms with E-state index >= 15 is 0 Å². The lowest BCUT2D eigenvalue weighted by Gasteiger charge is -2.28. The molecular weight excluding hydrogens is 226 g/mol. The van der Waals surface area contributed by atoms with Crippen LogP contribution in [0.5, 0.6) is 0 Å². The topological polar surface area (TPSA) is 49.6 Å². The molecule has 100 valence electrons. The van der Waals surface area contributed by atoms with Crippen molar-refractivity contribution in [3.63, 3.8) is 0 Å². The van der Waals surface area contributed by atoms with Crippen LogP contribution in [0.2, 0.25) is 0 Å². The fraction of sp³-hybridized carbons (Fsp3) is 0.500. The lowest BCUT2D eigenvalue weighted by atomic mass is 10.2. The van der Waals surface area contributed by atoms with Gasteiger partial charge in [-0.1, -0.05) is 12.1 Å². The molecule has 0 bridgehead atoms. The SMILES string of the molecule is CCN(CC)C(=O)N(CC)c1ccc(CN)cc1.